The number of anilines is 1. The Morgan fingerprint density at radius 3 is 2.70 bits per heavy atom. The summed E-state index contributed by atoms with van der Waals surface area (Å²) in [5.41, 5.74) is 1.78. The fourth-order valence-electron chi connectivity index (χ4n) is 1.43. The highest BCUT2D eigenvalue weighted by Crippen LogP contribution is 2.24. The quantitative estimate of drug-likeness (QED) is 0.693. The predicted octanol–water partition coefficient (Wildman–Crippen LogP) is 2.48. The molecule has 0 unspecified atom stereocenters. The van der Waals surface area contributed by atoms with Gasteiger partial charge in [-0.1, -0.05) is 30.3 Å². The van der Waals surface area contributed by atoms with Gasteiger partial charge in [0.25, 0.3) is 0 Å². The number of esters is 1. The van der Waals surface area contributed by atoms with Crippen LogP contribution in [0.15, 0.2) is 47.9 Å². The zero-order valence-corrected chi connectivity index (χ0v) is 11.5. The van der Waals surface area contributed by atoms with Crippen LogP contribution in [0, 0.1) is 0 Å². The Morgan fingerprint density at radius 2 is 2.00 bits per heavy atom. The van der Waals surface area contributed by atoms with Gasteiger partial charge in [0, 0.05) is 23.1 Å². The maximum absolute atomic E-state index is 11.5. The van der Waals surface area contributed by atoms with E-state index in [2.05, 4.69) is 15.0 Å². The van der Waals surface area contributed by atoms with Crippen LogP contribution in [0.3, 0.4) is 0 Å². The van der Waals surface area contributed by atoms with Gasteiger partial charge in [0.2, 0.25) is 5.91 Å². The molecule has 0 radical (unpaired) electrons. The van der Waals surface area contributed by atoms with Gasteiger partial charge in [-0.05, 0) is 0 Å². The lowest BCUT2D eigenvalue weighted by molar-refractivity contribution is -0.135. The molecule has 20 heavy (non-hydrogen) atoms. The van der Waals surface area contributed by atoms with Crippen molar-refractivity contribution in [3.63, 3.8) is 0 Å². The maximum atomic E-state index is 11.5. The summed E-state index contributed by atoms with van der Waals surface area (Å²) in [6, 6.07) is 9.66. The second-order valence-electron chi connectivity index (χ2n) is 3.75. The summed E-state index contributed by atoms with van der Waals surface area (Å²) in [5.74, 6) is -1.01. The van der Waals surface area contributed by atoms with Gasteiger partial charge in [-0.25, -0.2) is 9.78 Å². The minimum atomic E-state index is -0.579. The number of benzene rings is 1. The zero-order valence-electron chi connectivity index (χ0n) is 10.7. The average molecular weight is 288 g/mol. The van der Waals surface area contributed by atoms with E-state index in [0.717, 1.165) is 23.4 Å². The Balaban J connectivity index is 2.02. The molecule has 0 aliphatic heterocycles. The molecule has 6 heteroatoms. The lowest BCUT2D eigenvalue weighted by Crippen LogP contribution is -2.08. The Labute approximate surface area is 119 Å². The summed E-state index contributed by atoms with van der Waals surface area (Å²) < 4.78 is 4.39. The molecule has 0 atom stereocenters. The number of hydrogen-bond acceptors (Lipinski definition) is 5. The number of rotatable bonds is 4. The van der Waals surface area contributed by atoms with Crippen LogP contribution in [0.1, 0.15) is 0 Å². The van der Waals surface area contributed by atoms with Crippen LogP contribution in [0.4, 0.5) is 5.13 Å². The number of nitrogens with one attached hydrogen (secondary N) is 1. The first-order chi connectivity index (χ1) is 9.69. The third-order valence-electron chi connectivity index (χ3n) is 2.38. The number of ether oxygens (including phenoxy) is 1. The normalized spacial score (nSPS) is 10.4. The molecule has 1 N–H and O–H groups in total. The molecule has 2 rings (SSSR count). The molecule has 2 aromatic rings. The van der Waals surface area contributed by atoms with Crippen LogP contribution < -0.4 is 5.32 Å². The third-order valence-corrected chi connectivity index (χ3v) is 3.13. The minimum absolute atomic E-state index is 0.427. The number of hydrogen-bond donors (Lipinski definition) is 1. The molecule has 1 amide bonds. The van der Waals surface area contributed by atoms with Gasteiger partial charge in [0.15, 0.2) is 5.13 Å². The zero-order chi connectivity index (χ0) is 14.4. The van der Waals surface area contributed by atoms with Crippen molar-refractivity contribution in [2.45, 2.75) is 0 Å². The fourth-order valence-corrected chi connectivity index (χ4v) is 2.15. The summed E-state index contributed by atoms with van der Waals surface area (Å²) in [7, 11) is 1.25. The van der Waals surface area contributed by atoms with Crippen LogP contribution in [-0.2, 0) is 14.3 Å². The van der Waals surface area contributed by atoms with Gasteiger partial charge in [0.1, 0.15) is 0 Å². The Morgan fingerprint density at radius 1 is 1.25 bits per heavy atom. The molecule has 0 aliphatic carbocycles. The van der Waals surface area contributed by atoms with Crippen LogP contribution in [0.5, 0.6) is 0 Å². The minimum Gasteiger partial charge on any atom is -0.466 e. The first-order valence-electron chi connectivity index (χ1n) is 5.77. The van der Waals surface area contributed by atoms with E-state index in [-0.39, 0.29) is 0 Å². The maximum Gasteiger partial charge on any atom is 0.330 e. The number of carbonyl (C=O) groups is 2. The molecule has 0 saturated carbocycles. The second kappa shape index (κ2) is 6.63. The number of nitrogens with zero attached hydrogens (tertiary/aromatic N) is 1. The van der Waals surface area contributed by atoms with Gasteiger partial charge < -0.3 is 4.74 Å². The molecular weight excluding hydrogens is 276 g/mol. The highest BCUT2D eigenvalue weighted by atomic mass is 32.1. The molecular formula is C14H12N2O3S. The molecule has 0 aliphatic rings. The molecule has 0 saturated heterocycles. The molecule has 0 bridgehead atoms. The number of carbonyl (C=O) groups excluding carboxylic acids is 2. The van der Waals surface area contributed by atoms with Gasteiger partial charge in [-0.15, -0.1) is 11.3 Å². The number of methoxy groups -OCH3 is 1. The number of aromatic nitrogens is 1. The highest BCUT2D eigenvalue weighted by molar-refractivity contribution is 7.14. The van der Waals surface area contributed by atoms with Crippen LogP contribution in [-0.4, -0.2) is 24.0 Å². The largest absolute Gasteiger partial charge is 0.466 e. The summed E-state index contributed by atoms with van der Waals surface area (Å²) in [4.78, 5) is 26.7. The molecule has 1 aromatic carbocycles. The molecule has 102 valence electrons. The summed E-state index contributed by atoms with van der Waals surface area (Å²) in [6.45, 7) is 0. The second-order valence-corrected chi connectivity index (χ2v) is 4.61. The van der Waals surface area contributed by atoms with Crippen molar-refractivity contribution in [2.24, 2.45) is 0 Å². The summed E-state index contributed by atoms with van der Waals surface area (Å²) in [6.07, 6.45) is 2.16. The molecule has 0 fully saturated rings. The van der Waals surface area contributed by atoms with E-state index in [0.29, 0.717) is 5.13 Å². The number of amides is 1. The first kappa shape index (κ1) is 14.0. The van der Waals surface area contributed by atoms with E-state index in [1.165, 1.54) is 18.4 Å². The molecule has 1 heterocycles. The Kier molecular flexibility index (Phi) is 4.62. The lowest BCUT2D eigenvalue weighted by atomic mass is 10.2. The van der Waals surface area contributed by atoms with E-state index in [4.69, 9.17) is 0 Å². The average Bonchev–Trinajstić information content (AvgIpc) is 2.94. The van der Waals surface area contributed by atoms with E-state index < -0.39 is 11.9 Å². The van der Waals surface area contributed by atoms with E-state index >= 15 is 0 Å². The van der Waals surface area contributed by atoms with Gasteiger partial charge >= 0.3 is 5.97 Å². The SMILES string of the molecule is COC(=O)C=CC(=O)Nc1nc(-c2ccccc2)cs1. The van der Waals surface area contributed by atoms with Crippen LogP contribution in [0.25, 0.3) is 11.3 Å². The van der Waals surface area contributed by atoms with E-state index in [9.17, 15) is 9.59 Å². The van der Waals surface area contributed by atoms with Crippen LogP contribution >= 0.6 is 11.3 Å². The van der Waals surface area contributed by atoms with E-state index in [1.54, 1.807) is 0 Å². The van der Waals surface area contributed by atoms with Crippen LogP contribution in [0.2, 0.25) is 0 Å². The van der Waals surface area contributed by atoms with Crippen molar-refractivity contribution in [1.29, 1.82) is 0 Å². The summed E-state index contributed by atoms with van der Waals surface area (Å²) in [5, 5.41) is 4.92. The first-order valence-corrected chi connectivity index (χ1v) is 6.65. The van der Waals surface area contributed by atoms with Crippen molar-refractivity contribution in [2.75, 3.05) is 12.4 Å². The third kappa shape index (κ3) is 3.76. The van der Waals surface area contributed by atoms with Gasteiger partial charge in [0.05, 0.1) is 12.8 Å². The Bertz CT molecular complexity index is 635. The Hall–Kier alpha value is -2.47. The molecule has 1 aromatic heterocycles. The van der Waals surface area contributed by atoms with Gasteiger partial charge in [-0.3, -0.25) is 10.1 Å². The molecule has 5 nitrogen and oxygen atoms in total. The van der Waals surface area contributed by atoms with E-state index in [1.807, 2.05) is 35.7 Å². The summed E-state index contributed by atoms with van der Waals surface area (Å²) >= 11 is 1.32. The standard InChI is InChI=1S/C14H12N2O3S/c1-19-13(18)8-7-12(17)16-14-15-11(9-20-14)10-5-3-2-4-6-10/h2-9H,1H3,(H,15,16,17). The van der Waals surface area contributed by atoms with Crippen molar-refractivity contribution in [3.8, 4) is 11.3 Å². The smallest absolute Gasteiger partial charge is 0.330 e. The molecule has 0 spiro atoms. The number of thiazole rings is 1. The topological polar surface area (TPSA) is 68.3 Å². The fraction of sp³-hybridized carbons (Fsp3) is 0.0714. The lowest BCUT2D eigenvalue weighted by Gasteiger charge is -1.96. The van der Waals surface area contributed by atoms with Crippen molar-refractivity contribution >= 4 is 28.3 Å². The van der Waals surface area contributed by atoms with Crippen molar-refractivity contribution in [3.05, 3.63) is 47.9 Å². The van der Waals surface area contributed by atoms with Crippen molar-refractivity contribution in [1.82, 2.24) is 4.98 Å². The highest BCUT2D eigenvalue weighted by Gasteiger charge is 2.06. The van der Waals surface area contributed by atoms with Gasteiger partial charge in [-0.2, -0.15) is 0 Å². The predicted molar refractivity (Wildman–Crippen MR) is 77.3 cm³/mol. The van der Waals surface area contributed by atoms with Crippen molar-refractivity contribution < 1.29 is 14.3 Å². The monoisotopic (exact) mass is 288 g/mol.